The Labute approximate surface area is 27.1 Å². The van der Waals surface area contributed by atoms with Gasteiger partial charge in [0.05, 0.1) is 0 Å². The monoisotopic (exact) mass is 54.1 g/mol. The Kier molecular flexibility index (Phi) is 2.55. The minimum absolute atomic E-state index is 1.38. The van der Waals surface area contributed by atoms with Crippen LogP contribution < -0.4 is 5.32 Å². The average molecular weight is 53.9 g/mol. The zero-order valence-corrected chi connectivity index (χ0v) is 2.65. The van der Waals surface area contributed by atoms with Crippen molar-refractivity contribution in [2.24, 2.45) is 0 Å². The molecule has 0 aliphatic rings. The molecule has 0 amide bonds. The molecule has 0 atom stereocenters. The summed E-state index contributed by atoms with van der Waals surface area (Å²) in [5, 5.41) is 2.58. The van der Waals surface area contributed by atoms with Crippen molar-refractivity contribution in [3.63, 3.8) is 0 Å². The molecule has 0 heterocycles. The first-order chi connectivity index (χ1) is 1.91. The van der Waals surface area contributed by atoms with Crippen LogP contribution in [0.25, 0.3) is 0 Å². The Morgan fingerprint density at radius 1 is 2.00 bits per heavy atom. The summed E-state index contributed by atoms with van der Waals surface area (Å²) in [5.74, 6) is 0. The summed E-state index contributed by atoms with van der Waals surface area (Å²) in [5.41, 5.74) is 0. The maximum absolute atomic E-state index is 4.79. The molecule has 1 nitrogen and oxygen atoms in total. The molecule has 0 unspecified atom stereocenters. The van der Waals surface area contributed by atoms with E-state index in [4.69, 9.17) is 7.49 Å². The first-order valence-corrected chi connectivity index (χ1v) is 1.12. The number of hydrogen-bond acceptors (Lipinski definition) is 1. The third-order valence-corrected chi connectivity index (χ3v) is 0.167. The quantitative estimate of drug-likeness (QED) is 0.384. The SMILES string of the molecule is [B]=CNC. The normalized spacial score (nSPS) is 5.00. The number of hydrogen-bond donors (Lipinski definition) is 1. The fourth-order valence-electron chi connectivity index (χ4n) is 0. The molecule has 4 heavy (non-hydrogen) atoms. The summed E-state index contributed by atoms with van der Waals surface area (Å²) in [7, 11) is 6.54. The third-order valence-electron chi connectivity index (χ3n) is 0.167. The van der Waals surface area contributed by atoms with E-state index in [2.05, 4.69) is 5.32 Å². The van der Waals surface area contributed by atoms with Crippen LogP contribution in [0.3, 0.4) is 0 Å². The average Bonchev–Trinajstić information content (AvgIpc) is 1.37. The molecule has 21 valence electrons. The van der Waals surface area contributed by atoms with Gasteiger partial charge in [-0.05, 0) is 0 Å². The zero-order valence-electron chi connectivity index (χ0n) is 2.65. The van der Waals surface area contributed by atoms with Gasteiger partial charge in [0, 0.05) is 0 Å². The zero-order chi connectivity index (χ0) is 3.41. The molecule has 0 aromatic heterocycles. The van der Waals surface area contributed by atoms with Gasteiger partial charge >= 0.3 is 25.9 Å². The van der Waals surface area contributed by atoms with Gasteiger partial charge < -0.3 is 0 Å². The van der Waals surface area contributed by atoms with E-state index in [0.717, 1.165) is 0 Å². The topological polar surface area (TPSA) is 12.0 Å². The van der Waals surface area contributed by atoms with Gasteiger partial charge in [0.2, 0.25) is 0 Å². The molecular weight excluding hydrogens is 48.8 g/mol. The Hall–Kier alpha value is -0.265. The van der Waals surface area contributed by atoms with Crippen LogP contribution in [-0.2, 0) is 0 Å². The summed E-state index contributed by atoms with van der Waals surface area (Å²) >= 11 is 0. The Bertz CT molecular complexity index is 20.0. The van der Waals surface area contributed by atoms with Crippen LogP contribution in [0.2, 0.25) is 0 Å². The van der Waals surface area contributed by atoms with Crippen molar-refractivity contribution >= 4 is 13.6 Å². The van der Waals surface area contributed by atoms with Crippen molar-refractivity contribution in [2.45, 2.75) is 0 Å². The van der Waals surface area contributed by atoms with Crippen LogP contribution in [0.4, 0.5) is 0 Å². The molecule has 0 spiro atoms. The minimum atomic E-state index is 1.38. The molecule has 0 aromatic carbocycles. The first kappa shape index (κ1) is 3.73. The van der Waals surface area contributed by atoms with E-state index >= 15 is 0 Å². The molecule has 0 fully saturated rings. The van der Waals surface area contributed by atoms with E-state index in [-0.39, 0.29) is 0 Å². The van der Waals surface area contributed by atoms with Crippen molar-refractivity contribution in [1.29, 1.82) is 0 Å². The van der Waals surface area contributed by atoms with E-state index in [0.29, 0.717) is 0 Å². The van der Waals surface area contributed by atoms with E-state index < -0.39 is 0 Å². The fourth-order valence-corrected chi connectivity index (χ4v) is 0. The number of rotatable bonds is 1. The van der Waals surface area contributed by atoms with Crippen LogP contribution in [0.5, 0.6) is 0 Å². The van der Waals surface area contributed by atoms with Crippen LogP contribution in [-0.4, -0.2) is 20.6 Å². The molecular formula is C2H5BN. The Morgan fingerprint density at radius 3 is 2.25 bits per heavy atom. The van der Waals surface area contributed by atoms with Crippen molar-refractivity contribution in [3.8, 4) is 0 Å². The van der Waals surface area contributed by atoms with E-state index in [1.54, 1.807) is 7.05 Å². The van der Waals surface area contributed by atoms with Gasteiger partial charge in [-0.2, -0.15) is 0 Å². The summed E-state index contributed by atoms with van der Waals surface area (Å²) in [4.78, 5) is 0. The van der Waals surface area contributed by atoms with Crippen molar-refractivity contribution in [1.82, 2.24) is 5.32 Å². The molecule has 0 aliphatic heterocycles. The van der Waals surface area contributed by atoms with Crippen LogP contribution in [0, 0.1) is 0 Å². The van der Waals surface area contributed by atoms with E-state index in [9.17, 15) is 0 Å². The van der Waals surface area contributed by atoms with Crippen LogP contribution in [0.1, 0.15) is 0 Å². The summed E-state index contributed by atoms with van der Waals surface area (Å²) < 4.78 is 0. The molecule has 1 N–H and O–H groups in total. The Balaban J connectivity index is 2.30. The summed E-state index contributed by atoms with van der Waals surface area (Å²) in [6, 6.07) is 0. The van der Waals surface area contributed by atoms with Gasteiger partial charge in [0.25, 0.3) is 0 Å². The second-order valence-electron chi connectivity index (χ2n) is 0.455. The second kappa shape index (κ2) is 2.73. The molecule has 0 rings (SSSR count). The van der Waals surface area contributed by atoms with Crippen LogP contribution >= 0.6 is 0 Å². The third kappa shape index (κ3) is 1.73. The summed E-state index contributed by atoms with van der Waals surface area (Å²) in [6.45, 7) is 0. The number of nitrogens with one attached hydrogen (secondary N) is 1. The van der Waals surface area contributed by atoms with E-state index in [1.165, 1.54) is 6.09 Å². The standard InChI is InChI=1S/C2H5BN/c1-4-2-3/h2,4H,1H3. The Morgan fingerprint density at radius 2 is 2.25 bits per heavy atom. The van der Waals surface area contributed by atoms with Gasteiger partial charge in [-0.25, -0.2) is 0 Å². The molecule has 2 heteroatoms. The van der Waals surface area contributed by atoms with Gasteiger partial charge in [-0.1, -0.05) is 0 Å². The van der Waals surface area contributed by atoms with Crippen LogP contribution in [0.15, 0.2) is 0 Å². The van der Waals surface area contributed by atoms with Crippen molar-refractivity contribution in [2.75, 3.05) is 7.05 Å². The van der Waals surface area contributed by atoms with Gasteiger partial charge in [-0.3, -0.25) is 0 Å². The second-order valence-corrected chi connectivity index (χ2v) is 0.455. The molecule has 1 radical (unpaired) electrons. The fraction of sp³-hybridized carbons (Fsp3) is 0.500. The molecule has 0 bridgehead atoms. The summed E-state index contributed by atoms with van der Waals surface area (Å²) in [6.07, 6.45) is 1.38. The molecule has 0 saturated carbocycles. The predicted octanol–water partition coefficient (Wildman–Crippen LogP) is -0.866. The molecule has 0 aliphatic carbocycles. The van der Waals surface area contributed by atoms with Crippen molar-refractivity contribution in [3.05, 3.63) is 0 Å². The maximum atomic E-state index is 4.79. The van der Waals surface area contributed by atoms with Gasteiger partial charge in [-0.15, -0.1) is 0 Å². The van der Waals surface area contributed by atoms with Crippen molar-refractivity contribution < 1.29 is 0 Å². The molecule has 0 aromatic rings. The first-order valence-electron chi connectivity index (χ1n) is 1.12. The van der Waals surface area contributed by atoms with Gasteiger partial charge in [0.1, 0.15) is 0 Å². The van der Waals surface area contributed by atoms with E-state index in [1.807, 2.05) is 0 Å². The van der Waals surface area contributed by atoms with Gasteiger partial charge in [0.15, 0.2) is 0 Å². The molecule has 0 saturated heterocycles. The predicted molar refractivity (Wildman–Crippen MR) is 20.9 cm³/mol.